The van der Waals surface area contributed by atoms with Crippen molar-refractivity contribution in [1.82, 2.24) is 9.38 Å². The highest BCUT2D eigenvalue weighted by Crippen LogP contribution is 2.50. The van der Waals surface area contributed by atoms with E-state index >= 15 is 0 Å². The Morgan fingerprint density at radius 2 is 1.96 bits per heavy atom. The molecule has 3 nitrogen and oxygen atoms in total. The summed E-state index contributed by atoms with van der Waals surface area (Å²) in [6.07, 6.45) is 7.10. The number of hydrogen-bond donors (Lipinski definition) is 1. The number of pyridine rings is 1. The molecule has 1 saturated carbocycles. The van der Waals surface area contributed by atoms with Gasteiger partial charge in [0.1, 0.15) is 5.65 Å². The number of anilines is 1. The summed E-state index contributed by atoms with van der Waals surface area (Å²) >= 11 is 0. The molecule has 5 rings (SSSR count). The average Bonchev–Trinajstić information content (AvgIpc) is 2.97. The number of hydrogen-bond acceptors (Lipinski definition) is 2. The van der Waals surface area contributed by atoms with Crippen LogP contribution < -0.4 is 5.32 Å². The van der Waals surface area contributed by atoms with Crippen LogP contribution in [0.2, 0.25) is 0 Å². The van der Waals surface area contributed by atoms with E-state index in [-0.39, 0.29) is 5.54 Å². The van der Waals surface area contributed by atoms with Crippen LogP contribution >= 0.6 is 0 Å². The van der Waals surface area contributed by atoms with Gasteiger partial charge in [-0.1, -0.05) is 25.1 Å². The van der Waals surface area contributed by atoms with Crippen molar-refractivity contribution in [3.8, 4) is 11.3 Å². The molecule has 2 aliphatic rings. The molecule has 0 bridgehead atoms. The fraction of sp³-hybridized carbons (Fsp3) is 0.381. The second-order valence-corrected chi connectivity index (χ2v) is 7.68. The summed E-state index contributed by atoms with van der Waals surface area (Å²) in [6, 6.07) is 13.0. The van der Waals surface area contributed by atoms with E-state index in [9.17, 15) is 0 Å². The molecular formula is C21H23N3. The molecule has 1 spiro atoms. The first-order valence-corrected chi connectivity index (χ1v) is 9.03. The molecule has 122 valence electrons. The van der Waals surface area contributed by atoms with Gasteiger partial charge in [-0.2, -0.15) is 0 Å². The van der Waals surface area contributed by atoms with Gasteiger partial charge < -0.3 is 9.72 Å². The van der Waals surface area contributed by atoms with E-state index < -0.39 is 0 Å². The van der Waals surface area contributed by atoms with Gasteiger partial charge >= 0.3 is 0 Å². The van der Waals surface area contributed by atoms with E-state index in [2.05, 4.69) is 66.2 Å². The highest BCUT2D eigenvalue weighted by molar-refractivity contribution is 5.83. The molecule has 0 unspecified atom stereocenters. The van der Waals surface area contributed by atoms with Crippen molar-refractivity contribution in [1.29, 1.82) is 0 Å². The van der Waals surface area contributed by atoms with Gasteiger partial charge in [0.05, 0.1) is 16.9 Å². The van der Waals surface area contributed by atoms with Gasteiger partial charge in [-0.3, -0.25) is 0 Å². The van der Waals surface area contributed by atoms with Gasteiger partial charge in [0.2, 0.25) is 0 Å². The predicted molar refractivity (Wildman–Crippen MR) is 98.3 cm³/mol. The minimum Gasteiger partial charge on any atom is -0.373 e. The zero-order valence-electron chi connectivity index (χ0n) is 14.3. The minimum atomic E-state index is 0.0187. The van der Waals surface area contributed by atoms with Crippen molar-refractivity contribution in [2.75, 3.05) is 5.32 Å². The summed E-state index contributed by atoms with van der Waals surface area (Å²) in [7, 11) is 0. The Hall–Kier alpha value is -2.29. The van der Waals surface area contributed by atoms with Crippen LogP contribution in [0.4, 0.5) is 5.69 Å². The summed E-state index contributed by atoms with van der Waals surface area (Å²) in [5.74, 6) is 0.819. The van der Waals surface area contributed by atoms with Gasteiger partial charge in [-0.05, 0) is 62.3 Å². The topological polar surface area (TPSA) is 29.3 Å². The fourth-order valence-corrected chi connectivity index (χ4v) is 4.52. The Kier molecular flexibility index (Phi) is 2.85. The van der Waals surface area contributed by atoms with E-state index in [1.807, 2.05) is 0 Å². The van der Waals surface area contributed by atoms with Crippen LogP contribution in [0.15, 0.2) is 42.6 Å². The maximum atomic E-state index is 5.05. The summed E-state index contributed by atoms with van der Waals surface area (Å²) in [5, 5.41) is 3.92. The van der Waals surface area contributed by atoms with Crippen molar-refractivity contribution >= 4 is 11.3 Å². The second-order valence-electron chi connectivity index (χ2n) is 7.68. The number of benzene rings is 1. The Labute approximate surface area is 142 Å². The molecule has 24 heavy (non-hydrogen) atoms. The smallest absolute Gasteiger partial charge is 0.138 e. The molecule has 0 amide bonds. The van der Waals surface area contributed by atoms with Gasteiger partial charge in [0, 0.05) is 17.4 Å². The van der Waals surface area contributed by atoms with Crippen molar-refractivity contribution in [3.05, 3.63) is 53.9 Å². The first-order chi connectivity index (χ1) is 11.7. The molecule has 3 heterocycles. The Morgan fingerprint density at radius 3 is 2.79 bits per heavy atom. The maximum absolute atomic E-state index is 5.05. The Balaban J connectivity index is 1.81. The minimum absolute atomic E-state index is 0.0187. The number of aryl methyl sites for hydroxylation is 1. The number of imidazole rings is 1. The Bertz CT molecular complexity index is 929. The SMILES string of the molecule is Cc1ccn2c3c(nc2c1)-c1ccccc1NC31CCC(C)CC1. The van der Waals surface area contributed by atoms with Crippen LogP contribution in [0, 0.1) is 12.8 Å². The van der Waals surface area contributed by atoms with Crippen LogP contribution in [0.3, 0.4) is 0 Å². The van der Waals surface area contributed by atoms with Gasteiger partial charge in [0.15, 0.2) is 0 Å². The van der Waals surface area contributed by atoms with Crippen LogP contribution in [0.5, 0.6) is 0 Å². The van der Waals surface area contributed by atoms with Gasteiger partial charge in [-0.25, -0.2) is 4.98 Å². The second kappa shape index (κ2) is 4.85. The molecule has 1 aliphatic heterocycles. The number of nitrogens with zero attached hydrogens (tertiary/aromatic N) is 2. The molecule has 0 saturated heterocycles. The Morgan fingerprint density at radius 1 is 1.17 bits per heavy atom. The quantitative estimate of drug-likeness (QED) is 0.622. The number of rotatable bonds is 0. The fourth-order valence-electron chi connectivity index (χ4n) is 4.52. The van der Waals surface area contributed by atoms with E-state index in [0.29, 0.717) is 0 Å². The van der Waals surface area contributed by atoms with Crippen LogP contribution in [0.1, 0.15) is 43.9 Å². The summed E-state index contributed by atoms with van der Waals surface area (Å²) < 4.78 is 2.32. The monoisotopic (exact) mass is 317 g/mol. The third-order valence-electron chi connectivity index (χ3n) is 5.92. The number of nitrogens with one attached hydrogen (secondary N) is 1. The van der Waals surface area contributed by atoms with Gasteiger partial charge in [-0.15, -0.1) is 0 Å². The molecule has 0 atom stereocenters. The van der Waals surface area contributed by atoms with Crippen molar-refractivity contribution in [2.45, 2.75) is 45.1 Å². The summed E-state index contributed by atoms with van der Waals surface area (Å²) in [4.78, 5) is 5.05. The molecule has 1 fully saturated rings. The molecule has 3 aromatic rings. The van der Waals surface area contributed by atoms with E-state index in [4.69, 9.17) is 4.98 Å². The molecule has 3 heteroatoms. The lowest BCUT2D eigenvalue weighted by atomic mass is 9.72. The average molecular weight is 317 g/mol. The maximum Gasteiger partial charge on any atom is 0.138 e. The van der Waals surface area contributed by atoms with Crippen LogP contribution in [0.25, 0.3) is 16.9 Å². The van der Waals surface area contributed by atoms with Crippen molar-refractivity contribution < 1.29 is 0 Å². The van der Waals surface area contributed by atoms with Crippen molar-refractivity contribution in [2.24, 2.45) is 5.92 Å². The molecule has 0 radical (unpaired) electrons. The van der Waals surface area contributed by atoms with E-state index in [0.717, 1.165) is 11.6 Å². The number of para-hydroxylation sites is 1. The summed E-state index contributed by atoms with van der Waals surface area (Å²) in [6.45, 7) is 4.51. The molecule has 1 aromatic carbocycles. The highest BCUT2D eigenvalue weighted by atomic mass is 15.1. The zero-order valence-corrected chi connectivity index (χ0v) is 14.3. The lowest BCUT2D eigenvalue weighted by molar-refractivity contribution is 0.262. The first-order valence-electron chi connectivity index (χ1n) is 9.03. The molecular weight excluding hydrogens is 294 g/mol. The standard InChI is InChI=1S/C21H23N3/c1-14-7-10-21(11-8-14)20-19(16-5-3-4-6-17(16)23-21)22-18-13-15(2)9-12-24(18)20/h3-6,9,12-14,23H,7-8,10-11H2,1-2H3. The largest absolute Gasteiger partial charge is 0.373 e. The molecule has 1 aliphatic carbocycles. The van der Waals surface area contributed by atoms with Crippen LogP contribution in [-0.2, 0) is 5.54 Å². The highest BCUT2D eigenvalue weighted by Gasteiger charge is 2.43. The first kappa shape index (κ1) is 14.1. The lowest BCUT2D eigenvalue weighted by Crippen LogP contribution is -2.42. The predicted octanol–water partition coefficient (Wildman–Crippen LogP) is 5.14. The van der Waals surface area contributed by atoms with E-state index in [1.165, 1.54) is 53.9 Å². The van der Waals surface area contributed by atoms with Crippen LogP contribution in [-0.4, -0.2) is 9.38 Å². The third-order valence-corrected chi connectivity index (χ3v) is 5.92. The zero-order chi connectivity index (χ0) is 16.3. The number of fused-ring (bicyclic) bond motifs is 6. The number of aromatic nitrogens is 2. The summed E-state index contributed by atoms with van der Waals surface area (Å²) in [5.41, 5.74) is 7.35. The van der Waals surface area contributed by atoms with Gasteiger partial charge in [0.25, 0.3) is 0 Å². The normalized spacial score (nSPS) is 25.3. The lowest BCUT2D eigenvalue weighted by Gasteiger charge is -2.44. The molecule has 1 N–H and O–H groups in total. The molecule has 2 aromatic heterocycles. The van der Waals surface area contributed by atoms with Crippen molar-refractivity contribution in [3.63, 3.8) is 0 Å². The van der Waals surface area contributed by atoms with E-state index in [1.54, 1.807) is 0 Å². The third kappa shape index (κ3) is 1.87.